The van der Waals surface area contributed by atoms with E-state index in [1.807, 2.05) is 0 Å². The number of carbonyl (C=O) groups is 1. The first-order valence-electron chi connectivity index (χ1n) is 2.70. The van der Waals surface area contributed by atoms with E-state index in [2.05, 4.69) is 31.6 Å². The Kier molecular flexibility index (Phi) is 1.96. The summed E-state index contributed by atoms with van der Waals surface area (Å²) in [6.07, 6.45) is 3.10. The van der Waals surface area contributed by atoms with Gasteiger partial charge in [-0.2, -0.15) is 0 Å². The van der Waals surface area contributed by atoms with Crippen LogP contribution >= 0.6 is 15.9 Å². The van der Waals surface area contributed by atoms with E-state index in [9.17, 15) is 4.79 Å². The molecule has 1 amide bonds. The molecule has 1 unspecified atom stereocenters. The Hall–Kier alpha value is -0.550. The number of nitrogens with one attached hydrogen (secondary N) is 2. The summed E-state index contributed by atoms with van der Waals surface area (Å²) >= 11 is 3.19. The van der Waals surface area contributed by atoms with Gasteiger partial charge in [-0.3, -0.25) is 4.79 Å². The van der Waals surface area contributed by atoms with Crippen molar-refractivity contribution in [2.75, 3.05) is 0 Å². The maximum absolute atomic E-state index is 10.5. The summed E-state index contributed by atoms with van der Waals surface area (Å²) in [6, 6.07) is 0. The molecule has 0 spiro atoms. The lowest BCUT2D eigenvalue weighted by Gasteiger charge is -2.18. The molecule has 1 heterocycles. The third kappa shape index (κ3) is 1.71. The summed E-state index contributed by atoms with van der Waals surface area (Å²) in [5.74, 6) is -0.139. The van der Waals surface area contributed by atoms with Crippen molar-refractivity contribution < 1.29 is 9.63 Å². The SMILES string of the molecule is CC(=O)NC1(Br)C=CON1. The molecule has 56 valence electrons. The quantitative estimate of drug-likeness (QED) is 0.477. The summed E-state index contributed by atoms with van der Waals surface area (Å²) in [7, 11) is 0. The number of halogens is 1. The molecule has 4 nitrogen and oxygen atoms in total. The second-order valence-electron chi connectivity index (χ2n) is 1.92. The van der Waals surface area contributed by atoms with Crippen molar-refractivity contribution in [3.63, 3.8) is 0 Å². The maximum atomic E-state index is 10.5. The number of rotatable bonds is 1. The molecule has 1 atom stereocenters. The average molecular weight is 207 g/mol. The topological polar surface area (TPSA) is 50.4 Å². The zero-order valence-corrected chi connectivity index (χ0v) is 6.94. The first-order valence-corrected chi connectivity index (χ1v) is 3.50. The van der Waals surface area contributed by atoms with Gasteiger partial charge in [0.05, 0.1) is 0 Å². The Morgan fingerprint density at radius 1 is 1.90 bits per heavy atom. The second kappa shape index (κ2) is 2.59. The Bertz CT molecular complexity index is 182. The van der Waals surface area contributed by atoms with Crippen LogP contribution in [0.15, 0.2) is 12.3 Å². The first-order chi connectivity index (χ1) is 4.62. The normalized spacial score (nSPS) is 29.8. The van der Waals surface area contributed by atoms with E-state index in [1.54, 1.807) is 6.08 Å². The van der Waals surface area contributed by atoms with Gasteiger partial charge in [0.25, 0.3) is 0 Å². The van der Waals surface area contributed by atoms with Gasteiger partial charge in [-0.15, -0.1) is 5.48 Å². The average Bonchev–Trinajstić information content (AvgIpc) is 2.12. The van der Waals surface area contributed by atoms with E-state index in [1.165, 1.54) is 13.2 Å². The predicted octanol–water partition coefficient (Wildman–Crippen LogP) is 0.220. The fourth-order valence-electron chi connectivity index (χ4n) is 0.605. The Morgan fingerprint density at radius 2 is 2.60 bits per heavy atom. The summed E-state index contributed by atoms with van der Waals surface area (Å²) < 4.78 is -0.723. The van der Waals surface area contributed by atoms with Crippen LogP contribution in [-0.4, -0.2) is 10.5 Å². The molecule has 0 aliphatic carbocycles. The highest BCUT2D eigenvalue weighted by molar-refractivity contribution is 9.10. The minimum atomic E-state index is -0.723. The predicted molar refractivity (Wildman–Crippen MR) is 38.8 cm³/mol. The molecule has 0 radical (unpaired) electrons. The van der Waals surface area contributed by atoms with Gasteiger partial charge >= 0.3 is 0 Å². The van der Waals surface area contributed by atoms with Gasteiger partial charge in [0, 0.05) is 13.0 Å². The van der Waals surface area contributed by atoms with Crippen molar-refractivity contribution in [3.8, 4) is 0 Å². The standard InChI is InChI=1S/C5H7BrN2O2/c1-4(9)7-5(6)2-3-10-8-5/h2-3,8H,1H3,(H,7,9). The van der Waals surface area contributed by atoms with E-state index < -0.39 is 4.57 Å². The summed E-state index contributed by atoms with van der Waals surface area (Å²) in [4.78, 5) is 15.2. The number of alkyl halides is 1. The van der Waals surface area contributed by atoms with Gasteiger partial charge in [0.1, 0.15) is 6.26 Å². The lowest BCUT2D eigenvalue weighted by atomic mass is 10.5. The van der Waals surface area contributed by atoms with E-state index in [0.717, 1.165) is 0 Å². The van der Waals surface area contributed by atoms with Crippen molar-refractivity contribution in [2.45, 2.75) is 11.5 Å². The Labute approximate surface area is 66.7 Å². The molecule has 5 heteroatoms. The van der Waals surface area contributed by atoms with E-state index in [0.29, 0.717) is 0 Å². The fourth-order valence-corrected chi connectivity index (χ4v) is 1.09. The summed E-state index contributed by atoms with van der Waals surface area (Å²) in [5.41, 5.74) is 2.54. The third-order valence-corrected chi connectivity index (χ3v) is 1.56. The lowest BCUT2D eigenvalue weighted by molar-refractivity contribution is -0.120. The first kappa shape index (κ1) is 7.56. The van der Waals surface area contributed by atoms with Gasteiger partial charge in [-0.05, 0) is 15.9 Å². The van der Waals surface area contributed by atoms with E-state index >= 15 is 0 Å². The minimum Gasteiger partial charge on any atom is -0.413 e. The molecule has 10 heavy (non-hydrogen) atoms. The third-order valence-electron chi connectivity index (χ3n) is 0.931. The molecule has 0 aromatic heterocycles. The van der Waals surface area contributed by atoms with Gasteiger partial charge < -0.3 is 10.2 Å². The summed E-state index contributed by atoms with van der Waals surface area (Å²) in [5, 5.41) is 2.57. The number of hydroxylamine groups is 1. The van der Waals surface area contributed by atoms with Crippen LogP contribution in [0.5, 0.6) is 0 Å². The minimum absolute atomic E-state index is 0.139. The van der Waals surface area contributed by atoms with Crippen LogP contribution < -0.4 is 10.8 Å². The molecule has 2 N–H and O–H groups in total. The smallest absolute Gasteiger partial charge is 0.219 e. The maximum Gasteiger partial charge on any atom is 0.219 e. The molecule has 1 aliphatic heterocycles. The van der Waals surface area contributed by atoms with Crippen LogP contribution in [0.1, 0.15) is 6.92 Å². The van der Waals surface area contributed by atoms with E-state index in [-0.39, 0.29) is 5.91 Å². The van der Waals surface area contributed by atoms with Crippen LogP contribution in [0.3, 0.4) is 0 Å². The number of hydrogen-bond acceptors (Lipinski definition) is 3. The fraction of sp³-hybridized carbons (Fsp3) is 0.400. The zero-order chi connectivity index (χ0) is 7.61. The van der Waals surface area contributed by atoms with Crippen LogP contribution in [0.4, 0.5) is 0 Å². The second-order valence-corrected chi connectivity index (χ2v) is 3.17. The van der Waals surface area contributed by atoms with Crippen LogP contribution in [0, 0.1) is 0 Å². The molecule has 1 rings (SSSR count). The number of hydrogen-bond donors (Lipinski definition) is 2. The molecule has 0 saturated heterocycles. The van der Waals surface area contributed by atoms with Gasteiger partial charge in [-0.25, -0.2) is 0 Å². The highest BCUT2D eigenvalue weighted by atomic mass is 79.9. The molecule has 1 aliphatic rings. The highest BCUT2D eigenvalue weighted by Crippen LogP contribution is 2.16. The molecule has 0 aromatic carbocycles. The molecule has 0 aromatic rings. The Balaban J connectivity index is 2.52. The molecular weight excluding hydrogens is 200 g/mol. The van der Waals surface area contributed by atoms with Crippen LogP contribution in [0.2, 0.25) is 0 Å². The zero-order valence-electron chi connectivity index (χ0n) is 5.35. The van der Waals surface area contributed by atoms with Crippen LogP contribution in [-0.2, 0) is 9.63 Å². The van der Waals surface area contributed by atoms with Gasteiger partial charge in [0.15, 0.2) is 0 Å². The van der Waals surface area contributed by atoms with E-state index in [4.69, 9.17) is 0 Å². The van der Waals surface area contributed by atoms with Crippen molar-refractivity contribution >= 4 is 21.8 Å². The Morgan fingerprint density at radius 3 is 3.00 bits per heavy atom. The molecule has 0 saturated carbocycles. The number of carbonyl (C=O) groups excluding carboxylic acids is 1. The van der Waals surface area contributed by atoms with Crippen molar-refractivity contribution in [2.24, 2.45) is 0 Å². The molecule has 0 bridgehead atoms. The molecular formula is C5H7BrN2O2. The number of amides is 1. The summed E-state index contributed by atoms with van der Waals surface area (Å²) in [6.45, 7) is 1.43. The molecule has 0 fully saturated rings. The van der Waals surface area contributed by atoms with Gasteiger partial charge in [-0.1, -0.05) is 0 Å². The van der Waals surface area contributed by atoms with Crippen molar-refractivity contribution in [3.05, 3.63) is 12.3 Å². The largest absolute Gasteiger partial charge is 0.413 e. The highest BCUT2D eigenvalue weighted by Gasteiger charge is 2.27. The van der Waals surface area contributed by atoms with Crippen molar-refractivity contribution in [1.29, 1.82) is 0 Å². The lowest BCUT2D eigenvalue weighted by Crippen LogP contribution is -2.48. The van der Waals surface area contributed by atoms with Gasteiger partial charge in [0.2, 0.25) is 10.5 Å². The van der Waals surface area contributed by atoms with Crippen molar-refractivity contribution in [1.82, 2.24) is 10.8 Å². The monoisotopic (exact) mass is 206 g/mol. The van der Waals surface area contributed by atoms with Crippen LogP contribution in [0.25, 0.3) is 0 Å².